The van der Waals surface area contributed by atoms with Crippen LogP contribution in [0.15, 0.2) is 35.9 Å². The maximum absolute atomic E-state index is 6.17. The molecule has 1 atom stereocenters. The fourth-order valence-electron chi connectivity index (χ4n) is 2.35. The molecule has 0 spiro atoms. The van der Waals surface area contributed by atoms with Gasteiger partial charge in [-0.2, -0.15) is 0 Å². The number of allylic oxidation sites excluding steroid dienone is 1. The van der Waals surface area contributed by atoms with E-state index in [1.165, 1.54) is 31.2 Å². The van der Waals surface area contributed by atoms with Crippen LogP contribution in [0.1, 0.15) is 44.2 Å². The summed E-state index contributed by atoms with van der Waals surface area (Å²) in [6.07, 6.45) is 7.48. The van der Waals surface area contributed by atoms with Crippen molar-refractivity contribution in [1.82, 2.24) is 5.32 Å². The summed E-state index contributed by atoms with van der Waals surface area (Å²) < 4.78 is 0. The van der Waals surface area contributed by atoms with Crippen LogP contribution in [-0.4, -0.2) is 6.54 Å². The molecule has 0 aliphatic heterocycles. The molecule has 0 radical (unpaired) electrons. The Bertz CT molecular complexity index is 398. The monoisotopic (exact) mass is 249 g/mol. The highest BCUT2D eigenvalue weighted by molar-refractivity contribution is 6.31. The topological polar surface area (TPSA) is 12.0 Å². The first-order valence-corrected chi connectivity index (χ1v) is 6.81. The van der Waals surface area contributed by atoms with Crippen LogP contribution in [0.2, 0.25) is 5.02 Å². The van der Waals surface area contributed by atoms with E-state index < -0.39 is 0 Å². The minimum absolute atomic E-state index is 0.325. The van der Waals surface area contributed by atoms with Gasteiger partial charge in [0.1, 0.15) is 0 Å². The minimum Gasteiger partial charge on any atom is -0.310 e. The second-order valence-electron chi connectivity index (χ2n) is 4.70. The summed E-state index contributed by atoms with van der Waals surface area (Å²) in [5, 5.41) is 4.40. The molecule has 1 N–H and O–H groups in total. The molecule has 17 heavy (non-hydrogen) atoms. The minimum atomic E-state index is 0.325. The summed E-state index contributed by atoms with van der Waals surface area (Å²) in [5.74, 6) is 0. The van der Waals surface area contributed by atoms with Gasteiger partial charge in [-0.05, 0) is 50.8 Å². The quantitative estimate of drug-likeness (QED) is 0.758. The first kappa shape index (κ1) is 12.7. The van der Waals surface area contributed by atoms with Crippen molar-refractivity contribution >= 4 is 11.6 Å². The third-order valence-corrected chi connectivity index (χ3v) is 3.75. The number of hydrogen-bond donors (Lipinski definition) is 1. The van der Waals surface area contributed by atoms with Gasteiger partial charge in [0.25, 0.3) is 0 Å². The Balaban J connectivity index is 1.81. The van der Waals surface area contributed by atoms with Gasteiger partial charge in [-0.15, -0.1) is 0 Å². The summed E-state index contributed by atoms with van der Waals surface area (Å²) in [7, 11) is 0. The lowest BCUT2D eigenvalue weighted by Gasteiger charge is -2.15. The molecular weight excluding hydrogens is 230 g/mol. The van der Waals surface area contributed by atoms with Crippen LogP contribution in [0.5, 0.6) is 0 Å². The van der Waals surface area contributed by atoms with E-state index in [0.717, 1.165) is 11.6 Å². The molecule has 1 aliphatic rings. The number of hydrogen-bond acceptors (Lipinski definition) is 1. The number of rotatable bonds is 5. The van der Waals surface area contributed by atoms with Crippen LogP contribution in [0.25, 0.3) is 0 Å². The highest BCUT2D eigenvalue weighted by Gasteiger charge is 2.09. The van der Waals surface area contributed by atoms with Gasteiger partial charge in [0, 0.05) is 11.1 Å². The Labute approximate surface area is 109 Å². The Hall–Kier alpha value is -0.790. The van der Waals surface area contributed by atoms with E-state index in [1.54, 1.807) is 5.57 Å². The Morgan fingerprint density at radius 2 is 2.18 bits per heavy atom. The van der Waals surface area contributed by atoms with Crippen LogP contribution < -0.4 is 5.32 Å². The standard InChI is InChI=1S/C15H20ClN/c1-12(14-8-4-5-9-15(14)16)17-11-10-13-6-2-3-7-13/h4-6,8-9,12,17H,2-3,7,10-11H2,1H3. The van der Waals surface area contributed by atoms with Gasteiger partial charge in [0.15, 0.2) is 0 Å². The third kappa shape index (κ3) is 3.58. The van der Waals surface area contributed by atoms with E-state index in [0.29, 0.717) is 6.04 Å². The second-order valence-corrected chi connectivity index (χ2v) is 5.11. The van der Waals surface area contributed by atoms with Crippen molar-refractivity contribution in [2.75, 3.05) is 6.54 Å². The Morgan fingerprint density at radius 1 is 1.35 bits per heavy atom. The molecule has 0 saturated carbocycles. The molecule has 1 aromatic rings. The largest absolute Gasteiger partial charge is 0.310 e. The van der Waals surface area contributed by atoms with Gasteiger partial charge in [-0.3, -0.25) is 0 Å². The Kier molecular flexibility index (Phi) is 4.64. The number of nitrogens with one attached hydrogen (secondary N) is 1. The SMILES string of the molecule is CC(NCCC1=CCCC1)c1ccccc1Cl. The third-order valence-electron chi connectivity index (χ3n) is 3.40. The van der Waals surface area contributed by atoms with Crippen LogP contribution in [0, 0.1) is 0 Å². The molecule has 0 amide bonds. The predicted octanol–water partition coefficient (Wildman–Crippen LogP) is 4.49. The van der Waals surface area contributed by atoms with Crippen molar-refractivity contribution in [3.05, 3.63) is 46.5 Å². The zero-order chi connectivity index (χ0) is 12.1. The predicted molar refractivity (Wildman–Crippen MR) is 74.4 cm³/mol. The lowest BCUT2D eigenvalue weighted by molar-refractivity contribution is 0.573. The van der Waals surface area contributed by atoms with Crippen LogP contribution in [0.3, 0.4) is 0 Å². The fourth-order valence-corrected chi connectivity index (χ4v) is 2.65. The number of benzene rings is 1. The van der Waals surface area contributed by atoms with E-state index in [9.17, 15) is 0 Å². The first-order chi connectivity index (χ1) is 8.27. The van der Waals surface area contributed by atoms with Gasteiger partial charge in [-0.25, -0.2) is 0 Å². The molecule has 1 aromatic carbocycles. The molecule has 1 unspecified atom stereocenters. The van der Waals surface area contributed by atoms with Crippen molar-refractivity contribution < 1.29 is 0 Å². The molecule has 1 nitrogen and oxygen atoms in total. The first-order valence-electron chi connectivity index (χ1n) is 6.43. The van der Waals surface area contributed by atoms with E-state index in [2.05, 4.69) is 24.4 Å². The highest BCUT2D eigenvalue weighted by Crippen LogP contribution is 2.23. The number of halogens is 1. The van der Waals surface area contributed by atoms with Crippen LogP contribution >= 0.6 is 11.6 Å². The normalized spacial score (nSPS) is 16.9. The molecule has 2 heteroatoms. The van der Waals surface area contributed by atoms with E-state index in [1.807, 2.05) is 18.2 Å². The smallest absolute Gasteiger partial charge is 0.0453 e. The van der Waals surface area contributed by atoms with Gasteiger partial charge in [0.05, 0.1) is 0 Å². The van der Waals surface area contributed by atoms with Crippen molar-refractivity contribution in [3.63, 3.8) is 0 Å². The molecule has 0 fully saturated rings. The van der Waals surface area contributed by atoms with Crippen LogP contribution in [-0.2, 0) is 0 Å². The van der Waals surface area contributed by atoms with E-state index in [-0.39, 0.29) is 0 Å². The molecule has 0 heterocycles. The average molecular weight is 250 g/mol. The summed E-state index contributed by atoms with van der Waals surface area (Å²) >= 11 is 6.17. The van der Waals surface area contributed by atoms with Crippen molar-refractivity contribution in [2.45, 2.75) is 38.6 Å². The zero-order valence-corrected chi connectivity index (χ0v) is 11.1. The van der Waals surface area contributed by atoms with Gasteiger partial charge in [-0.1, -0.05) is 41.4 Å². The zero-order valence-electron chi connectivity index (χ0n) is 10.4. The van der Waals surface area contributed by atoms with Crippen molar-refractivity contribution in [2.24, 2.45) is 0 Å². The molecular formula is C15H20ClN. The highest BCUT2D eigenvalue weighted by atomic mass is 35.5. The average Bonchev–Trinajstić information content (AvgIpc) is 2.82. The molecule has 92 valence electrons. The lowest BCUT2D eigenvalue weighted by atomic mass is 10.1. The summed E-state index contributed by atoms with van der Waals surface area (Å²) in [6.45, 7) is 3.21. The Morgan fingerprint density at radius 3 is 2.88 bits per heavy atom. The molecule has 1 aliphatic carbocycles. The maximum atomic E-state index is 6.17. The van der Waals surface area contributed by atoms with Crippen molar-refractivity contribution in [1.29, 1.82) is 0 Å². The molecule has 0 aromatic heterocycles. The van der Waals surface area contributed by atoms with Crippen molar-refractivity contribution in [3.8, 4) is 0 Å². The second kappa shape index (κ2) is 6.23. The van der Waals surface area contributed by atoms with E-state index in [4.69, 9.17) is 11.6 Å². The van der Waals surface area contributed by atoms with E-state index >= 15 is 0 Å². The summed E-state index contributed by atoms with van der Waals surface area (Å²) in [5.41, 5.74) is 2.80. The van der Waals surface area contributed by atoms with Gasteiger partial charge in [0.2, 0.25) is 0 Å². The fraction of sp³-hybridized carbons (Fsp3) is 0.467. The molecule has 0 bridgehead atoms. The van der Waals surface area contributed by atoms with Gasteiger partial charge >= 0.3 is 0 Å². The lowest BCUT2D eigenvalue weighted by Crippen LogP contribution is -2.20. The molecule has 0 saturated heterocycles. The molecule has 2 rings (SSSR count). The van der Waals surface area contributed by atoms with Crippen LogP contribution in [0.4, 0.5) is 0 Å². The summed E-state index contributed by atoms with van der Waals surface area (Å²) in [6, 6.07) is 8.38. The van der Waals surface area contributed by atoms with Gasteiger partial charge < -0.3 is 5.32 Å². The summed E-state index contributed by atoms with van der Waals surface area (Å²) in [4.78, 5) is 0. The maximum Gasteiger partial charge on any atom is 0.0453 e.